The topological polar surface area (TPSA) is 20.2 Å². The Hall–Kier alpha value is 0.390. The first-order chi connectivity index (χ1) is 4.74. The van der Waals surface area contributed by atoms with Gasteiger partial charge in [-0.05, 0) is 46.4 Å². The fourth-order valence-electron chi connectivity index (χ4n) is 0.664. The molecule has 1 N–H and O–H groups in total. The van der Waals surface area contributed by atoms with Gasteiger partial charge in [0.25, 0.3) is 0 Å². The molecule has 0 saturated heterocycles. The molecule has 0 unspecified atom stereocenters. The predicted molar refractivity (Wildman–Crippen MR) is 52.8 cm³/mol. The van der Waals surface area contributed by atoms with Crippen LogP contribution in [0.5, 0.6) is 0 Å². The van der Waals surface area contributed by atoms with Crippen molar-refractivity contribution < 1.29 is 5.11 Å². The lowest BCUT2D eigenvalue weighted by Crippen LogP contribution is -1.86. The molecule has 1 rings (SSSR count). The van der Waals surface area contributed by atoms with E-state index < -0.39 is 0 Å². The Balaban J connectivity index is 3.09. The van der Waals surface area contributed by atoms with Gasteiger partial charge in [-0.25, -0.2) is 0 Å². The zero-order valence-corrected chi connectivity index (χ0v) is 8.89. The number of aliphatic hydroxyl groups is 1. The van der Waals surface area contributed by atoms with Crippen LogP contribution in [-0.2, 0) is 6.61 Å². The third kappa shape index (κ3) is 1.93. The maximum absolute atomic E-state index is 8.82. The van der Waals surface area contributed by atoms with Crippen molar-refractivity contribution >= 4 is 38.5 Å². The standard InChI is InChI=1S/C7H6BrIO/c8-6-1-2-7(9)5(3-6)4-10/h1-3,10H,4H2. The summed E-state index contributed by atoms with van der Waals surface area (Å²) in [6, 6.07) is 5.85. The highest BCUT2D eigenvalue weighted by molar-refractivity contribution is 14.1. The van der Waals surface area contributed by atoms with Gasteiger partial charge in [-0.15, -0.1) is 0 Å². The van der Waals surface area contributed by atoms with Crippen LogP contribution in [0.15, 0.2) is 22.7 Å². The summed E-state index contributed by atoms with van der Waals surface area (Å²) in [5.41, 5.74) is 0.968. The van der Waals surface area contributed by atoms with E-state index in [0.29, 0.717) is 0 Å². The van der Waals surface area contributed by atoms with E-state index >= 15 is 0 Å². The Labute approximate surface area is 81.7 Å². The zero-order valence-electron chi connectivity index (χ0n) is 5.14. The molecule has 10 heavy (non-hydrogen) atoms. The molecule has 1 nitrogen and oxygen atoms in total. The number of rotatable bonds is 1. The number of hydrogen-bond donors (Lipinski definition) is 1. The van der Waals surface area contributed by atoms with Crippen LogP contribution in [0.2, 0.25) is 0 Å². The van der Waals surface area contributed by atoms with Gasteiger partial charge in [-0.2, -0.15) is 0 Å². The highest BCUT2D eigenvalue weighted by Gasteiger charge is 1.96. The first-order valence-corrected chi connectivity index (χ1v) is 4.66. The molecule has 0 aliphatic heterocycles. The average molecular weight is 313 g/mol. The Morgan fingerprint density at radius 3 is 2.70 bits per heavy atom. The normalized spacial score (nSPS) is 9.90. The molecule has 0 aliphatic carbocycles. The highest BCUT2D eigenvalue weighted by Crippen LogP contribution is 2.17. The van der Waals surface area contributed by atoms with Crippen LogP contribution in [-0.4, -0.2) is 5.11 Å². The fraction of sp³-hybridized carbons (Fsp3) is 0.143. The van der Waals surface area contributed by atoms with Crippen LogP contribution in [0.4, 0.5) is 0 Å². The molecule has 0 aliphatic rings. The van der Waals surface area contributed by atoms with E-state index in [1.807, 2.05) is 18.2 Å². The molecule has 0 aromatic heterocycles. The van der Waals surface area contributed by atoms with E-state index in [1.165, 1.54) is 0 Å². The van der Waals surface area contributed by atoms with Crippen molar-refractivity contribution in [2.45, 2.75) is 6.61 Å². The van der Waals surface area contributed by atoms with Crippen molar-refractivity contribution in [3.8, 4) is 0 Å². The van der Waals surface area contributed by atoms with Gasteiger partial charge >= 0.3 is 0 Å². The zero-order chi connectivity index (χ0) is 7.56. The van der Waals surface area contributed by atoms with E-state index in [0.717, 1.165) is 13.6 Å². The summed E-state index contributed by atoms with van der Waals surface area (Å²) in [4.78, 5) is 0. The molecular formula is C7H6BrIO. The maximum Gasteiger partial charge on any atom is 0.0692 e. The van der Waals surface area contributed by atoms with E-state index in [4.69, 9.17) is 5.11 Å². The van der Waals surface area contributed by atoms with Gasteiger partial charge in [-0.1, -0.05) is 15.9 Å². The molecule has 0 fully saturated rings. The van der Waals surface area contributed by atoms with E-state index in [-0.39, 0.29) is 6.61 Å². The van der Waals surface area contributed by atoms with Crippen LogP contribution in [0, 0.1) is 3.57 Å². The molecule has 0 spiro atoms. The van der Waals surface area contributed by atoms with Gasteiger partial charge in [0.15, 0.2) is 0 Å². The number of halogens is 2. The summed E-state index contributed by atoms with van der Waals surface area (Å²) in [6.07, 6.45) is 0. The van der Waals surface area contributed by atoms with E-state index in [2.05, 4.69) is 38.5 Å². The Morgan fingerprint density at radius 2 is 2.20 bits per heavy atom. The summed E-state index contributed by atoms with van der Waals surface area (Å²) >= 11 is 5.52. The lowest BCUT2D eigenvalue weighted by atomic mass is 10.2. The second kappa shape index (κ2) is 3.69. The third-order valence-corrected chi connectivity index (χ3v) is 2.72. The lowest BCUT2D eigenvalue weighted by molar-refractivity contribution is 0.281. The second-order valence-corrected chi connectivity index (χ2v) is 3.97. The largest absolute Gasteiger partial charge is 0.392 e. The van der Waals surface area contributed by atoms with Gasteiger partial charge in [0.2, 0.25) is 0 Å². The van der Waals surface area contributed by atoms with Crippen molar-refractivity contribution in [3.05, 3.63) is 31.8 Å². The first kappa shape index (κ1) is 8.49. The van der Waals surface area contributed by atoms with Crippen LogP contribution in [0.1, 0.15) is 5.56 Å². The summed E-state index contributed by atoms with van der Waals surface area (Å²) in [5.74, 6) is 0. The van der Waals surface area contributed by atoms with Gasteiger partial charge < -0.3 is 5.11 Å². The van der Waals surface area contributed by atoms with Crippen molar-refractivity contribution in [3.63, 3.8) is 0 Å². The molecule has 3 heteroatoms. The van der Waals surface area contributed by atoms with Crippen LogP contribution >= 0.6 is 38.5 Å². The van der Waals surface area contributed by atoms with Crippen LogP contribution in [0.3, 0.4) is 0 Å². The molecule has 0 radical (unpaired) electrons. The fourth-order valence-corrected chi connectivity index (χ4v) is 1.58. The summed E-state index contributed by atoms with van der Waals surface area (Å²) in [7, 11) is 0. The summed E-state index contributed by atoms with van der Waals surface area (Å²) < 4.78 is 2.11. The number of benzene rings is 1. The van der Waals surface area contributed by atoms with Crippen LogP contribution < -0.4 is 0 Å². The van der Waals surface area contributed by atoms with Gasteiger partial charge in [0.05, 0.1) is 6.61 Å². The van der Waals surface area contributed by atoms with Gasteiger partial charge in [-0.3, -0.25) is 0 Å². The molecule has 1 aromatic carbocycles. The Morgan fingerprint density at radius 1 is 1.50 bits per heavy atom. The quantitative estimate of drug-likeness (QED) is 0.790. The minimum atomic E-state index is 0.109. The Kier molecular flexibility index (Phi) is 3.13. The monoisotopic (exact) mass is 312 g/mol. The molecule has 0 bridgehead atoms. The highest BCUT2D eigenvalue weighted by atomic mass is 127. The summed E-state index contributed by atoms with van der Waals surface area (Å²) in [6.45, 7) is 0.109. The van der Waals surface area contributed by atoms with Crippen molar-refractivity contribution in [2.24, 2.45) is 0 Å². The third-order valence-electron chi connectivity index (χ3n) is 1.18. The van der Waals surface area contributed by atoms with Crippen molar-refractivity contribution in [1.82, 2.24) is 0 Å². The SMILES string of the molecule is OCc1cc(Br)ccc1I. The first-order valence-electron chi connectivity index (χ1n) is 2.79. The molecular weight excluding hydrogens is 307 g/mol. The molecule has 0 atom stereocenters. The van der Waals surface area contributed by atoms with E-state index in [1.54, 1.807) is 0 Å². The molecule has 54 valence electrons. The second-order valence-electron chi connectivity index (χ2n) is 1.89. The average Bonchev–Trinajstić information content (AvgIpc) is 1.94. The van der Waals surface area contributed by atoms with Gasteiger partial charge in [0, 0.05) is 8.04 Å². The molecule has 0 saturated carbocycles. The van der Waals surface area contributed by atoms with E-state index in [9.17, 15) is 0 Å². The summed E-state index contributed by atoms with van der Waals surface area (Å²) in [5, 5.41) is 8.82. The van der Waals surface area contributed by atoms with Crippen molar-refractivity contribution in [2.75, 3.05) is 0 Å². The van der Waals surface area contributed by atoms with Crippen molar-refractivity contribution in [1.29, 1.82) is 0 Å². The maximum atomic E-state index is 8.82. The lowest BCUT2D eigenvalue weighted by Gasteiger charge is -1.99. The minimum absolute atomic E-state index is 0.109. The van der Waals surface area contributed by atoms with Crippen LogP contribution in [0.25, 0.3) is 0 Å². The molecule has 0 heterocycles. The minimum Gasteiger partial charge on any atom is -0.392 e. The smallest absolute Gasteiger partial charge is 0.0692 e. The van der Waals surface area contributed by atoms with Gasteiger partial charge in [0.1, 0.15) is 0 Å². The Bertz CT molecular complexity index is 237. The predicted octanol–water partition coefficient (Wildman–Crippen LogP) is 2.55. The number of aliphatic hydroxyl groups excluding tert-OH is 1. The number of hydrogen-bond acceptors (Lipinski definition) is 1. The molecule has 0 amide bonds. The molecule has 1 aromatic rings.